The summed E-state index contributed by atoms with van der Waals surface area (Å²) < 4.78 is 6.30. The number of rotatable bonds is 3. The highest BCUT2D eigenvalue weighted by Crippen LogP contribution is 2.30. The first kappa shape index (κ1) is 19.9. The number of ether oxygens (including phenoxy) is 1. The number of halogens is 1. The molecule has 1 saturated heterocycles. The summed E-state index contributed by atoms with van der Waals surface area (Å²) in [5, 5.41) is 2.99. The van der Waals surface area contributed by atoms with Gasteiger partial charge in [0.1, 0.15) is 11.1 Å². The van der Waals surface area contributed by atoms with Gasteiger partial charge in [-0.25, -0.2) is 4.79 Å². The minimum absolute atomic E-state index is 0.0882. The van der Waals surface area contributed by atoms with Crippen LogP contribution >= 0.6 is 15.9 Å². The lowest BCUT2D eigenvalue weighted by Crippen LogP contribution is -2.45. The third kappa shape index (κ3) is 5.09. The van der Waals surface area contributed by atoms with Crippen molar-refractivity contribution in [3.8, 4) is 0 Å². The second-order valence-corrected chi connectivity index (χ2v) is 9.03. The van der Waals surface area contributed by atoms with Crippen LogP contribution in [0.1, 0.15) is 40.5 Å². The minimum atomic E-state index is -0.475. The van der Waals surface area contributed by atoms with Crippen LogP contribution in [0, 0.1) is 5.92 Å². The Morgan fingerprint density at radius 3 is 2.70 bits per heavy atom. The zero-order chi connectivity index (χ0) is 19.6. The van der Waals surface area contributed by atoms with Gasteiger partial charge in [-0.2, -0.15) is 0 Å². The summed E-state index contributed by atoms with van der Waals surface area (Å²) in [7, 11) is 0. The van der Waals surface area contributed by atoms with Crippen molar-refractivity contribution in [1.82, 2.24) is 15.3 Å². The van der Waals surface area contributed by atoms with E-state index >= 15 is 0 Å². The fraction of sp³-hybridized carbons (Fsp3) is 0.550. The number of hydrogen-bond acceptors (Lipinski definition) is 5. The fourth-order valence-electron chi connectivity index (χ4n) is 3.50. The Hall–Kier alpha value is -1.89. The molecule has 1 amide bonds. The molecule has 1 fully saturated rings. The lowest BCUT2D eigenvalue weighted by molar-refractivity contribution is 0.0487. The van der Waals surface area contributed by atoms with Gasteiger partial charge in [0.15, 0.2) is 0 Å². The van der Waals surface area contributed by atoms with Crippen LogP contribution in [0.5, 0.6) is 0 Å². The first-order valence-corrected chi connectivity index (χ1v) is 10.2. The molecule has 1 atom stereocenters. The quantitative estimate of drug-likeness (QED) is 0.768. The molecule has 1 aliphatic heterocycles. The monoisotopic (exact) mass is 434 g/mol. The first-order valence-electron chi connectivity index (χ1n) is 9.37. The zero-order valence-electron chi connectivity index (χ0n) is 16.3. The SMILES string of the molecule is CC(NC(=O)OC(C)(C)C)C1CCN(c2ccnc3cc(Br)cnc23)CC1. The first-order chi connectivity index (χ1) is 12.7. The maximum Gasteiger partial charge on any atom is 0.407 e. The van der Waals surface area contributed by atoms with Gasteiger partial charge in [0.05, 0.1) is 11.2 Å². The number of anilines is 1. The molecule has 0 aromatic carbocycles. The minimum Gasteiger partial charge on any atom is -0.444 e. The Morgan fingerprint density at radius 2 is 2.04 bits per heavy atom. The normalized spacial score (nSPS) is 17.0. The van der Waals surface area contributed by atoms with Crippen molar-refractivity contribution in [2.75, 3.05) is 18.0 Å². The van der Waals surface area contributed by atoms with Crippen LogP contribution in [0.15, 0.2) is 29.0 Å². The van der Waals surface area contributed by atoms with Crippen molar-refractivity contribution in [1.29, 1.82) is 0 Å². The molecule has 0 radical (unpaired) electrons. The van der Waals surface area contributed by atoms with Crippen molar-refractivity contribution < 1.29 is 9.53 Å². The van der Waals surface area contributed by atoms with Gasteiger partial charge in [0.2, 0.25) is 0 Å². The van der Waals surface area contributed by atoms with Crippen molar-refractivity contribution >= 4 is 38.7 Å². The Kier molecular flexibility index (Phi) is 5.89. The summed E-state index contributed by atoms with van der Waals surface area (Å²) in [6.45, 7) is 9.55. The maximum atomic E-state index is 12.0. The molecular weight excluding hydrogens is 408 g/mol. The van der Waals surface area contributed by atoms with E-state index in [1.165, 1.54) is 0 Å². The van der Waals surface area contributed by atoms with Gasteiger partial charge in [0, 0.05) is 36.0 Å². The third-order valence-corrected chi connectivity index (χ3v) is 5.29. The molecule has 7 heteroatoms. The van der Waals surface area contributed by atoms with Crippen LogP contribution in [0.4, 0.5) is 10.5 Å². The van der Waals surface area contributed by atoms with E-state index < -0.39 is 5.60 Å². The third-order valence-electron chi connectivity index (χ3n) is 4.85. The highest BCUT2D eigenvalue weighted by Gasteiger charge is 2.27. The van der Waals surface area contributed by atoms with Gasteiger partial charge in [-0.15, -0.1) is 0 Å². The van der Waals surface area contributed by atoms with E-state index in [-0.39, 0.29) is 12.1 Å². The number of carbonyl (C=O) groups is 1. The van der Waals surface area contributed by atoms with Crippen molar-refractivity contribution in [2.45, 2.75) is 52.2 Å². The Balaban J connectivity index is 1.61. The maximum absolute atomic E-state index is 12.0. The van der Waals surface area contributed by atoms with Crippen molar-refractivity contribution in [3.05, 3.63) is 29.0 Å². The summed E-state index contributed by atoms with van der Waals surface area (Å²) in [4.78, 5) is 23.4. The van der Waals surface area contributed by atoms with Crippen LogP contribution in [0.3, 0.4) is 0 Å². The molecule has 1 unspecified atom stereocenters. The smallest absolute Gasteiger partial charge is 0.407 e. The molecule has 27 heavy (non-hydrogen) atoms. The molecule has 2 aromatic rings. The van der Waals surface area contributed by atoms with Gasteiger partial charge >= 0.3 is 6.09 Å². The number of nitrogens with one attached hydrogen (secondary N) is 1. The molecule has 0 bridgehead atoms. The van der Waals surface area contributed by atoms with Crippen LogP contribution in [-0.2, 0) is 4.74 Å². The number of amides is 1. The standard InChI is InChI=1S/C20H27BrN4O2/c1-13(24-19(26)27-20(2,3)4)14-6-9-25(10-7-14)17-5-8-22-16-11-15(21)12-23-18(16)17/h5,8,11-14H,6-7,9-10H2,1-4H3,(H,24,26). The van der Waals surface area contributed by atoms with E-state index in [1.54, 1.807) is 0 Å². The second kappa shape index (κ2) is 8.00. The van der Waals surface area contributed by atoms with Gasteiger partial charge in [-0.05, 0) is 74.5 Å². The summed E-state index contributed by atoms with van der Waals surface area (Å²) >= 11 is 3.45. The number of carbonyl (C=O) groups excluding carboxylic acids is 1. The van der Waals surface area contributed by atoms with E-state index in [1.807, 2.05) is 45.3 Å². The topological polar surface area (TPSA) is 67.3 Å². The summed E-state index contributed by atoms with van der Waals surface area (Å²) in [5.41, 5.74) is 2.47. The Bertz CT molecular complexity index is 813. The van der Waals surface area contributed by atoms with Crippen molar-refractivity contribution in [3.63, 3.8) is 0 Å². The predicted octanol–water partition coefficient (Wildman–Crippen LogP) is 4.52. The van der Waals surface area contributed by atoms with E-state index in [0.29, 0.717) is 5.92 Å². The lowest BCUT2D eigenvalue weighted by Gasteiger charge is -2.36. The van der Waals surface area contributed by atoms with E-state index in [0.717, 1.165) is 47.1 Å². The fourth-order valence-corrected chi connectivity index (χ4v) is 3.82. The molecular formula is C20H27BrN4O2. The number of piperidine rings is 1. The van der Waals surface area contributed by atoms with E-state index in [2.05, 4.69) is 43.0 Å². The van der Waals surface area contributed by atoms with Crippen LogP contribution in [0.25, 0.3) is 11.0 Å². The summed E-state index contributed by atoms with van der Waals surface area (Å²) in [6, 6.07) is 4.11. The molecule has 6 nitrogen and oxygen atoms in total. The average Bonchev–Trinajstić information content (AvgIpc) is 2.59. The lowest BCUT2D eigenvalue weighted by atomic mass is 9.90. The number of aromatic nitrogens is 2. The number of hydrogen-bond donors (Lipinski definition) is 1. The van der Waals surface area contributed by atoms with Crippen molar-refractivity contribution in [2.24, 2.45) is 5.92 Å². The molecule has 0 aliphatic carbocycles. The number of alkyl carbamates (subject to hydrolysis) is 1. The average molecular weight is 435 g/mol. The molecule has 3 heterocycles. The molecule has 146 valence electrons. The molecule has 0 saturated carbocycles. The van der Waals surface area contributed by atoms with E-state index in [9.17, 15) is 4.79 Å². The Morgan fingerprint density at radius 1 is 1.33 bits per heavy atom. The van der Waals surface area contributed by atoms with Gasteiger partial charge in [0.25, 0.3) is 0 Å². The number of fused-ring (bicyclic) bond motifs is 1. The van der Waals surface area contributed by atoms with Gasteiger partial charge < -0.3 is 15.0 Å². The number of pyridine rings is 2. The second-order valence-electron chi connectivity index (χ2n) is 8.11. The van der Waals surface area contributed by atoms with Gasteiger partial charge in [-0.1, -0.05) is 0 Å². The predicted molar refractivity (Wildman–Crippen MR) is 111 cm³/mol. The molecule has 0 spiro atoms. The zero-order valence-corrected chi connectivity index (χ0v) is 17.9. The largest absolute Gasteiger partial charge is 0.444 e. The van der Waals surface area contributed by atoms with Crippen LogP contribution < -0.4 is 10.2 Å². The highest BCUT2D eigenvalue weighted by molar-refractivity contribution is 9.10. The van der Waals surface area contributed by atoms with E-state index in [4.69, 9.17) is 4.74 Å². The van der Waals surface area contributed by atoms with Gasteiger partial charge in [-0.3, -0.25) is 9.97 Å². The van der Waals surface area contributed by atoms with Crippen LogP contribution in [0.2, 0.25) is 0 Å². The molecule has 2 aromatic heterocycles. The Labute approximate surface area is 168 Å². The summed E-state index contributed by atoms with van der Waals surface area (Å²) in [5.74, 6) is 0.434. The molecule has 1 N–H and O–H groups in total. The highest BCUT2D eigenvalue weighted by atomic mass is 79.9. The van der Waals surface area contributed by atoms with Crippen LogP contribution in [-0.4, -0.2) is 40.8 Å². The summed E-state index contributed by atoms with van der Waals surface area (Å²) in [6.07, 6.45) is 5.33. The number of nitrogens with zero attached hydrogens (tertiary/aromatic N) is 3. The molecule has 3 rings (SSSR count). The molecule has 1 aliphatic rings.